The molecule has 1 atom stereocenters. The minimum Gasteiger partial charge on any atom is -0.352 e. The van der Waals surface area contributed by atoms with E-state index in [4.69, 9.17) is 0 Å². The molecule has 1 amide bonds. The third-order valence-electron chi connectivity index (χ3n) is 5.84. The number of aromatic nitrogens is 3. The molecule has 3 fully saturated rings. The maximum absolute atomic E-state index is 12.4. The first-order valence-corrected chi connectivity index (χ1v) is 9.84. The first-order chi connectivity index (χ1) is 12.3. The van der Waals surface area contributed by atoms with Gasteiger partial charge in [-0.1, -0.05) is 0 Å². The molecule has 7 heteroatoms. The molecule has 2 aliphatic heterocycles. The third-order valence-corrected chi connectivity index (χ3v) is 5.84. The fourth-order valence-corrected chi connectivity index (χ4v) is 4.36. The van der Waals surface area contributed by atoms with Crippen molar-refractivity contribution in [3.05, 3.63) is 12.7 Å². The average molecular weight is 346 g/mol. The van der Waals surface area contributed by atoms with Gasteiger partial charge in [0.25, 0.3) is 0 Å². The van der Waals surface area contributed by atoms with Gasteiger partial charge in [-0.25, -0.2) is 4.98 Å². The van der Waals surface area contributed by atoms with E-state index >= 15 is 0 Å². The van der Waals surface area contributed by atoms with Crippen LogP contribution in [0.15, 0.2) is 12.7 Å². The Bertz CT molecular complexity index is 550. The maximum Gasteiger partial charge on any atom is 0.234 e. The highest BCUT2D eigenvalue weighted by Gasteiger charge is 2.32. The smallest absolute Gasteiger partial charge is 0.234 e. The van der Waals surface area contributed by atoms with E-state index in [2.05, 4.69) is 25.2 Å². The summed E-state index contributed by atoms with van der Waals surface area (Å²) in [7, 11) is 0. The predicted molar refractivity (Wildman–Crippen MR) is 94.9 cm³/mol. The second-order valence-corrected chi connectivity index (χ2v) is 7.97. The number of nitrogens with one attached hydrogen (secondary N) is 1. The van der Waals surface area contributed by atoms with Crippen LogP contribution < -0.4 is 5.32 Å². The molecule has 0 aromatic carbocycles. The number of amides is 1. The molecule has 0 bridgehead atoms. The zero-order valence-corrected chi connectivity index (χ0v) is 15.0. The Hall–Kier alpha value is -1.47. The molecule has 1 saturated carbocycles. The summed E-state index contributed by atoms with van der Waals surface area (Å²) < 4.78 is 1.90. The lowest BCUT2D eigenvalue weighted by atomic mass is 9.98. The van der Waals surface area contributed by atoms with Gasteiger partial charge in [-0.05, 0) is 51.0 Å². The number of nitrogens with zero attached hydrogens (tertiary/aromatic N) is 5. The van der Waals surface area contributed by atoms with Crippen LogP contribution in [0.5, 0.6) is 0 Å². The molecule has 25 heavy (non-hydrogen) atoms. The molecule has 138 valence electrons. The molecule has 0 spiro atoms. The fraction of sp³-hybridized carbons (Fsp3) is 0.833. The molecule has 3 aliphatic rings. The van der Waals surface area contributed by atoms with Crippen molar-refractivity contribution >= 4 is 5.91 Å². The molecule has 4 rings (SSSR count). The van der Waals surface area contributed by atoms with Crippen molar-refractivity contribution < 1.29 is 4.79 Å². The molecule has 2 saturated heterocycles. The Morgan fingerprint density at radius 1 is 1.12 bits per heavy atom. The lowest BCUT2D eigenvalue weighted by molar-refractivity contribution is -0.123. The van der Waals surface area contributed by atoms with Crippen molar-refractivity contribution in [3.63, 3.8) is 0 Å². The van der Waals surface area contributed by atoms with Gasteiger partial charge < -0.3 is 10.2 Å². The van der Waals surface area contributed by atoms with Crippen LogP contribution in [-0.2, 0) is 11.3 Å². The zero-order chi connectivity index (χ0) is 17.1. The number of piperidine rings is 2. The monoisotopic (exact) mass is 346 g/mol. The Balaban J connectivity index is 1.18. The number of hydrogen-bond donors (Lipinski definition) is 1. The van der Waals surface area contributed by atoms with E-state index in [-0.39, 0.29) is 5.91 Å². The van der Waals surface area contributed by atoms with Crippen LogP contribution >= 0.6 is 0 Å². The molecular formula is C18H30N6O. The van der Waals surface area contributed by atoms with Crippen molar-refractivity contribution in [3.8, 4) is 0 Å². The van der Waals surface area contributed by atoms with Crippen LogP contribution in [0.2, 0.25) is 0 Å². The van der Waals surface area contributed by atoms with Crippen molar-refractivity contribution in [2.75, 3.05) is 32.7 Å². The van der Waals surface area contributed by atoms with Gasteiger partial charge in [-0.3, -0.25) is 14.4 Å². The van der Waals surface area contributed by atoms with Gasteiger partial charge >= 0.3 is 0 Å². The third kappa shape index (κ3) is 4.79. The van der Waals surface area contributed by atoms with Crippen LogP contribution in [0.25, 0.3) is 0 Å². The minimum atomic E-state index is 0.200. The topological polar surface area (TPSA) is 66.3 Å². The summed E-state index contributed by atoms with van der Waals surface area (Å²) in [6.45, 7) is 5.75. The molecule has 1 aliphatic carbocycles. The van der Waals surface area contributed by atoms with Crippen molar-refractivity contribution in [2.24, 2.45) is 5.92 Å². The summed E-state index contributed by atoms with van der Waals surface area (Å²) in [6.07, 6.45) is 10.7. The minimum absolute atomic E-state index is 0.200. The number of rotatable bonds is 6. The van der Waals surface area contributed by atoms with Gasteiger partial charge in [0.15, 0.2) is 0 Å². The number of carbonyl (C=O) groups excluding carboxylic acids is 1. The zero-order valence-electron chi connectivity index (χ0n) is 15.0. The van der Waals surface area contributed by atoms with Gasteiger partial charge in [0.2, 0.25) is 5.91 Å². The number of hydrogen-bond acceptors (Lipinski definition) is 5. The van der Waals surface area contributed by atoms with E-state index in [9.17, 15) is 4.79 Å². The first kappa shape index (κ1) is 17.0. The van der Waals surface area contributed by atoms with Gasteiger partial charge in [-0.2, -0.15) is 5.10 Å². The SMILES string of the molecule is O=C(CN1CCCC(Cn2cncn2)C1)NC1CCN(C2CC2)CC1. The Morgan fingerprint density at radius 2 is 1.96 bits per heavy atom. The van der Waals surface area contributed by atoms with Crippen LogP contribution in [0, 0.1) is 5.92 Å². The summed E-state index contributed by atoms with van der Waals surface area (Å²) in [5.41, 5.74) is 0. The predicted octanol–water partition coefficient (Wildman–Crippen LogP) is 0.733. The van der Waals surface area contributed by atoms with Crippen LogP contribution in [0.4, 0.5) is 0 Å². The summed E-state index contributed by atoms with van der Waals surface area (Å²) in [6, 6.07) is 1.23. The molecule has 1 aromatic rings. The van der Waals surface area contributed by atoms with E-state index < -0.39 is 0 Å². The van der Waals surface area contributed by atoms with E-state index in [1.807, 2.05) is 4.68 Å². The molecule has 3 heterocycles. The second-order valence-electron chi connectivity index (χ2n) is 7.97. The maximum atomic E-state index is 12.4. The van der Waals surface area contributed by atoms with E-state index in [1.54, 1.807) is 12.7 Å². The largest absolute Gasteiger partial charge is 0.352 e. The Labute approximate surface area is 149 Å². The standard InChI is InChI=1S/C18H30N6O/c25-18(21-16-5-8-23(9-6-16)17-3-4-17)12-22-7-1-2-15(10-22)11-24-14-19-13-20-24/h13-17H,1-12H2,(H,21,25). The number of likely N-dealkylation sites (tertiary alicyclic amines) is 2. The molecule has 7 nitrogen and oxygen atoms in total. The Morgan fingerprint density at radius 3 is 2.68 bits per heavy atom. The molecular weight excluding hydrogens is 316 g/mol. The van der Waals surface area contributed by atoms with Crippen molar-refractivity contribution in [2.45, 2.75) is 57.2 Å². The van der Waals surface area contributed by atoms with Crippen LogP contribution in [0.1, 0.15) is 38.5 Å². The summed E-state index contributed by atoms with van der Waals surface area (Å²) in [5, 5.41) is 7.47. The number of carbonyl (C=O) groups is 1. The van der Waals surface area contributed by atoms with Gasteiger partial charge in [0.05, 0.1) is 6.54 Å². The van der Waals surface area contributed by atoms with Crippen molar-refractivity contribution in [1.82, 2.24) is 29.9 Å². The van der Waals surface area contributed by atoms with Crippen molar-refractivity contribution in [1.29, 1.82) is 0 Å². The van der Waals surface area contributed by atoms with Gasteiger partial charge in [0, 0.05) is 38.3 Å². The van der Waals surface area contributed by atoms with E-state index in [0.717, 1.165) is 58.0 Å². The van der Waals surface area contributed by atoms with E-state index in [1.165, 1.54) is 19.3 Å². The summed E-state index contributed by atoms with van der Waals surface area (Å²) in [5.74, 6) is 0.760. The lowest BCUT2D eigenvalue weighted by Crippen LogP contribution is -2.49. The van der Waals surface area contributed by atoms with E-state index in [0.29, 0.717) is 18.5 Å². The van der Waals surface area contributed by atoms with Crippen LogP contribution in [0.3, 0.4) is 0 Å². The highest BCUT2D eigenvalue weighted by atomic mass is 16.2. The average Bonchev–Trinajstić information content (AvgIpc) is 3.33. The van der Waals surface area contributed by atoms with Crippen LogP contribution in [-0.4, -0.2) is 75.3 Å². The molecule has 1 N–H and O–H groups in total. The molecule has 1 aromatic heterocycles. The Kier molecular flexibility index (Phi) is 5.31. The molecule has 1 unspecified atom stereocenters. The fourth-order valence-electron chi connectivity index (χ4n) is 4.36. The second kappa shape index (κ2) is 7.83. The first-order valence-electron chi connectivity index (χ1n) is 9.84. The highest BCUT2D eigenvalue weighted by Crippen LogP contribution is 2.29. The lowest BCUT2D eigenvalue weighted by Gasteiger charge is -2.34. The summed E-state index contributed by atoms with van der Waals surface area (Å²) >= 11 is 0. The quantitative estimate of drug-likeness (QED) is 0.823. The van der Waals surface area contributed by atoms with Gasteiger partial charge in [0.1, 0.15) is 12.7 Å². The van der Waals surface area contributed by atoms with Gasteiger partial charge in [-0.15, -0.1) is 0 Å². The molecule has 0 radical (unpaired) electrons. The summed E-state index contributed by atoms with van der Waals surface area (Å²) in [4.78, 5) is 21.4. The highest BCUT2D eigenvalue weighted by molar-refractivity contribution is 5.78. The normalized spacial score (nSPS) is 26.6.